The maximum Gasteiger partial charge on any atom is 0.234 e. The zero-order chi connectivity index (χ0) is 14.4. The number of nitrogens with two attached hydrogens (primary N) is 1. The van der Waals surface area contributed by atoms with Crippen LogP contribution in [0.25, 0.3) is 0 Å². The van der Waals surface area contributed by atoms with Crippen LogP contribution in [0.5, 0.6) is 0 Å². The van der Waals surface area contributed by atoms with Gasteiger partial charge < -0.3 is 15.8 Å². The highest BCUT2D eigenvalue weighted by atomic mass is 16.5. The topological polar surface area (TPSA) is 67.6 Å². The third-order valence-electron chi connectivity index (χ3n) is 3.46. The van der Waals surface area contributed by atoms with Gasteiger partial charge in [0.05, 0.1) is 19.3 Å². The Morgan fingerprint density at radius 1 is 1.45 bits per heavy atom. The summed E-state index contributed by atoms with van der Waals surface area (Å²) in [6.07, 6.45) is 0.0497. The molecule has 1 atom stereocenters. The average molecular weight is 277 g/mol. The van der Waals surface area contributed by atoms with E-state index >= 15 is 0 Å². The molecule has 0 bridgehead atoms. The van der Waals surface area contributed by atoms with Crippen LogP contribution in [0.15, 0.2) is 24.3 Å². The van der Waals surface area contributed by atoms with Gasteiger partial charge in [0.2, 0.25) is 5.91 Å². The zero-order valence-corrected chi connectivity index (χ0v) is 12.0. The number of carbonyl (C=O) groups excluding carboxylic acids is 1. The quantitative estimate of drug-likeness (QED) is 0.811. The SMILES string of the molecule is Cc1ccc(CNC(=O)CN2CCOC(CN)C2)cc1. The number of ether oxygens (including phenoxy) is 1. The third-order valence-corrected chi connectivity index (χ3v) is 3.46. The standard InChI is InChI=1S/C15H23N3O2/c1-12-2-4-13(5-3-12)9-17-15(19)11-18-6-7-20-14(8-16)10-18/h2-5,14H,6-11,16H2,1H3,(H,17,19). The second-order valence-corrected chi connectivity index (χ2v) is 5.23. The predicted molar refractivity (Wildman–Crippen MR) is 78.3 cm³/mol. The van der Waals surface area contributed by atoms with E-state index in [-0.39, 0.29) is 12.0 Å². The Morgan fingerprint density at radius 2 is 2.20 bits per heavy atom. The van der Waals surface area contributed by atoms with Gasteiger partial charge in [0.1, 0.15) is 0 Å². The maximum atomic E-state index is 11.9. The van der Waals surface area contributed by atoms with Gasteiger partial charge in [-0.05, 0) is 12.5 Å². The van der Waals surface area contributed by atoms with Gasteiger partial charge in [-0.3, -0.25) is 9.69 Å². The molecule has 1 heterocycles. The lowest BCUT2D eigenvalue weighted by atomic mass is 10.1. The highest BCUT2D eigenvalue weighted by molar-refractivity contribution is 5.78. The van der Waals surface area contributed by atoms with Gasteiger partial charge in [-0.15, -0.1) is 0 Å². The zero-order valence-electron chi connectivity index (χ0n) is 12.0. The fourth-order valence-corrected chi connectivity index (χ4v) is 2.23. The van der Waals surface area contributed by atoms with Crippen molar-refractivity contribution in [2.45, 2.75) is 19.6 Å². The monoisotopic (exact) mass is 277 g/mol. The van der Waals surface area contributed by atoms with Gasteiger partial charge in [0, 0.05) is 26.2 Å². The van der Waals surface area contributed by atoms with Gasteiger partial charge in [-0.1, -0.05) is 29.8 Å². The first-order chi connectivity index (χ1) is 9.67. The van der Waals surface area contributed by atoms with Crippen LogP contribution in [0.3, 0.4) is 0 Å². The molecule has 1 fully saturated rings. The van der Waals surface area contributed by atoms with E-state index < -0.39 is 0 Å². The first-order valence-corrected chi connectivity index (χ1v) is 7.03. The summed E-state index contributed by atoms with van der Waals surface area (Å²) in [5.41, 5.74) is 7.93. The molecule has 110 valence electrons. The summed E-state index contributed by atoms with van der Waals surface area (Å²) in [5.74, 6) is 0.0447. The van der Waals surface area contributed by atoms with Crippen LogP contribution in [0.1, 0.15) is 11.1 Å². The maximum absolute atomic E-state index is 11.9. The third kappa shape index (κ3) is 4.59. The summed E-state index contributed by atoms with van der Waals surface area (Å²) in [5, 5.41) is 2.95. The summed E-state index contributed by atoms with van der Waals surface area (Å²) in [7, 11) is 0. The van der Waals surface area contributed by atoms with Crippen molar-refractivity contribution < 1.29 is 9.53 Å². The normalized spacial score (nSPS) is 19.8. The largest absolute Gasteiger partial charge is 0.374 e. The van der Waals surface area contributed by atoms with Crippen LogP contribution in [-0.4, -0.2) is 49.7 Å². The van der Waals surface area contributed by atoms with E-state index in [1.54, 1.807) is 0 Å². The van der Waals surface area contributed by atoms with Crippen LogP contribution < -0.4 is 11.1 Å². The Morgan fingerprint density at radius 3 is 2.90 bits per heavy atom. The molecule has 1 aromatic rings. The summed E-state index contributed by atoms with van der Waals surface area (Å²) < 4.78 is 5.48. The fourth-order valence-electron chi connectivity index (χ4n) is 2.23. The summed E-state index contributed by atoms with van der Waals surface area (Å²) in [6, 6.07) is 8.17. The molecule has 1 saturated heterocycles. The Bertz CT molecular complexity index is 433. The smallest absolute Gasteiger partial charge is 0.234 e. The molecule has 1 aliphatic heterocycles. The molecule has 0 spiro atoms. The molecule has 1 amide bonds. The highest BCUT2D eigenvalue weighted by Gasteiger charge is 2.20. The fraction of sp³-hybridized carbons (Fsp3) is 0.533. The number of hydrogen-bond acceptors (Lipinski definition) is 4. The molecular formula is C15H23N3O2. The highest BCUT2D eigenvalue weighted by Crippen LogP contribution is 2.04. The number of carbonyl (C=O) groups is 1. The minimum atomic E-state index is 0.0447. The van der Waals surface area contributed by atoms with Crippen LogP contribution in [0.4, 0.5) is 0 Å². The lowest BCUT2D eigenvalue weighted by molar-refractivity contribution is -0.124. The molecule has 0 radical (unpaired) electrons. The molecule has 0 aliphatic carbocycles. The Labute approximate surface area is 120 Å². The van der Waals surface area contributed by atoms with Gasteiger partial charge in [-0.25, -0.2) is 0 Å². The van der Waals surface area contributed by atoms with Crippen molar-refractivity contribution >= 4 is 5.91 Å². The van der Waals surface area contributed by atoms with Crippen molar-refractivity contribution in [3.63, 3.8) is 0 Å². The molecule has 5 heteroatoms. The molecule has 1 unspecified atom stereocenters. The number of nitrogens with one attached hydrogen (secondary N) is 1. The minimum Gasteiger partial charge on any atom is -0.374 e. The average Bonchev–Trinajstić information content (AvgIpc) is 2.47. The van der Waals surface area contributed by atoms with Crippen molar-refractivity contribution in [3.05, 3.63) is 35.4 Å². The lowest BCUT2D eigenvalue weighted by Gasteiger charge is -2.31. The van der Waals surface area contributed by atoms with Gasteiger partial charge in [0.15, 0.2) is 0 Å². The Balaban J connectivity index is 1.73. The molecule has 20 heavy (non-hydrogen) atoms. The first kappa shape index (κ1) is 15.0. The second-order valence-electron chi connectivity index (χ2n) is 5.23. The summed E-state index contributed by atoms with van der Waals surface area (Å²) in [4.78, 5) is 14.0. The van der Waals surface area contributed by atoms with E-state index in [2.05, 4.69) is 29.3 Å². The number of amides is 1. The number of rotatable bonds is 5. The predicted octanol–water partition coefficient (Wildman–Crippen LogP) is 0.271. The molecule has 1 aliphatic rings. The van der Waals surface area contributed by atoms with Gasteiger partial charge >= 0.3 is 0 Å². The van der Waals surface area contributed by atoms with Crippen molar-refractivity contribution in [1.82, 2.24) is 10.2 Å². The summed E-state index contributed by atoms with van der Waals surface area (Å²) in [6.45, 7) is 5.70. The van der Waals surface area contributed by atoms with E-state index in [1.165, 1.54) is 5.56 Å². The Kier molecular flexibility index (Phi) is 5.52. The van der Waals surface area contributed by atoms with Crippen molar-refractivity contribution in [2.75, 3.05) is 32.8 Å². The molecule has 2 rings (SSSR count). The number of hydrogen-bond donors (Lipinski definition) is 2. The van der Waals surface area contributed by atoms with Crippen LogP contribution in [0, 0.1) is 6.92 Å². The van der Waals surface area contributed by atoms with E-state index in [1.807, 2.05) is 12.1 Å². The minimum absolute atomic E-state index is 0.0447. The lowest BCUT2D eigenvalue weighted by Crippen LogP contribution is -2.48. The second kappa shape index (κ2) is 7.38. The van der Waals surface area contributed by atoms with Crippen molar-refractivity contribution in [3.8, 4) is 0 Å². The van der Waals surface area contributed by atoms with Crippen LogP contribution in [0.2, 0.25) is 0 Å². The first-order valence-electron chi connectivity index (χ1n) is 7.03. The molecular weight excluding hydrogens is 254 g/mol. The summed E-state index contributed by atoms with van der Waals surface area (Å²) >= 11 is 0. The van der Waals surface area contributed by atoms with E-state index in [9.17, 15) is 4.79 Å². The van der Waals surface area contributed by atoms with Gasteiger partial charge in [0.25, 0.3) is 0 Å². The molecule has 0 saturated carbocycles. The van der Waals surface area contributed by atoms with E-state index in [4.69, 9.17) is 10.5 Å². The molecule has 3 N–H and O–H groups in total. The number of benzene rings is 1. The van der Waals surface area contributed by atoms with Gasteiger partial charge in [-0.2, -0.15) is 0 Å². The van der Waals surface area contributed by atoms with E-state index in [0.29, 0.717) is 26.2 Å². The molecule has 0 aromatic heterocycles. The van der Waals surface area contributed by atoms with E-state index in [0.717, 1.165) is 18.7 Å². The molecule has 5 nitrogen and oxygen atoms in total. The number of morpholine rings is 1. The number of nitrogens with zero attached hydrogens (tertiary/aromatic N) is 1. The van der Waals surface area contributed by atoms with Crippen LogP contribution >= 0.6 is 0 Å². The van der Waals surface area contributed by atoms with Crippen LogP contribution in [-0.2, 0) is 16.1 Å². The van der Waals surface area contributed by atoms with Crippen molar-refractivity contribution in [2.24, 2.45) is 5.73 Å². The van der Waals surface area contributed by atoms with Crippen molar-refractivity contribution in [1.29, 1.82) is 0 Å². The Hall–Kier alpha value is -1.43. The molecule has 1 aromatic carbocycles. The number of aryl methyl sites for hydroxylation is 1.